The third-order valence-corrected chi connectivity index (χ3v) is 4.27. The third-order valence-electron chi connectivity index (χ3n) is 4.27. The van der Waals surface area contributed by atoms with Crippen LogP contribution in [-0.2, 0) is 4.79 Å². The Morgan fingerprint density at radius 1 is 1.05 bits per heavy atom. The molecule has 108 valence electrons. The molecule has 5 heteroatoms. The van der Waals surface area contributed by atoms with Crippen LogP contribution >= 0.6 is 0 Å². The molecule has 5 nitrogen and oxygen atoms in total. The van der Waals surface area contributed by atoms with E-state index in [0.717, 1.165) is 57.8 Å². The Kier molecular flexibility index (Phi) is 4.14. The first kappa shape index (κ1) is 13.3. The van der Waals surface area contributed by atoms with Crippen molar-refractivity contribution in [1.82, 2.24) is 14.9 Å². The van der Waals surface area contributed by atoms with E-state index in [-0.39, 0.29) is 5.92 Å². The van der Waals surface area contributed by atoms with Crippen molar-refractivity contribution >= 4 is 11.9 Å². The van der Waals surface area contributed by atoms with Gasteiger partial charge in [-0.15, -0.1) is 0 Å². The first-order valence-electron chi connectivity index (χ1n) is 7.65. The summed E-state index contributed by atoms with van der Waals surface area (Å²) in [6.45, 7) is 3.60. The smallest absolute Gasteiger partial charge is 0.227 e. The molecule has 1 unspecified atom stereocenters. The zero-order valence-corrected chi connectivity index (χ0v) is 11.9. The number of rotatable bonds is 2. The second-order valence-electron chi connectivity index (χ2n) is 5.72. The van der Waals surface area contributed by atoms with E-state index in [1.807, 2.05) is 6.07 Å². The number of aromatic nitrogens is 2. The fraction of sp³-hybridized carbons (Fsp3) is 0.667. The highest BCUT2D eigenvalue weighted by Gasteiger charge is 2.30. The van der Waals surface area contributed by atoms with Gasteiger partial charge < -0.3 is 9.80 Å². The van der Waals surface area contributed by atoms with E-state index in [4.69, 9.17) is 0 Å². The standard InChI is InChI=1S/C15H22N4O/c20-14(18-9-2-1-3-10-18)13-6-4-11-19(12-13)15-16-7-5-8-17-15/h5,7-8,13H,1-4,6,9-12H2. The molecule has 0 spiro atoms. The van der Waals surface area contributed by atoms with Crippen LogP contribution in [0.1, 0.15) is 32.1 Å². The molecule has 3 heterocycles. The Morgan fingerprint density at radius 3 is 2.55 bits per heavy atom. The van der Waals surface area contributed by atoms with Gasteiger partial charge in [-0.2, -0.15) is 0 Å². The van der Waals surface area contributed by atoms with Crippen molar-refractivity contribution in [1.29, 1.82) is 0 Å². The van der Waals surface area contributed by atoms with Crippen LogP contribution in [0.5, 0.6) is 0 Å². The van der Waals surface area contributed by atoms with Crippen molar-refractivity contribution in [3.05, 3.63) is 18.5 Å². The zero-order chi connectivity index (χ0) is 13.8. The first-order valence-corrected chi connectivity index (χ1v) is 7.65. The summed E-state index contributed by atoms with van der Waals surface area (Å²) in [6.07, 6.45) is 9.14. The van der Waals surface area contributed by atoms with Gasteiger partial charge in [-0.25, -0.2) is 9.97 Å². The largest absolute Gasteiger partial charge is 0.342 e. The highest BCUT2D eigenvalue weighted by atomic mass is 16.2. The molecular formula is C15H22N4O. The fourth-order valence-electron chi connectivity index (χ4n) is 3.19. The molecule has 0 saturated carbocycles. The van der Waals surface area contributed by atoms with E-state index >= 15 is 0 Å². The minimum atomic E-state index is 0.116. The van der Waals surface area contributed by atoms with E-state index in [1.54, 1.807) is 12.4 Å². The van der Waals surface area contributed by atoms with Crippen LogP contribution in [0, 0.1) is 5.92 Å². The van der Waals surface area contributed by atoms with Gasteiger partial charge in [0.15, 0.2) is 0 Å². The molecule has 2 fully saturated rings. The fourth-order valence-corrected chi connectivity index (χ4v) is 3.19. The van der Waals surface area contributed by atoms with E-state index < -0.39 is 0 Å². The second kappa shape index (κ2) is 6.20. The van der Waals surface area contributed by atoms with Gasteiger partial charge in [0.05, 0.1) is 5.92 Å². The van der Waals surface area contributed by atoms with Crippen LogP contribution < -0.4 is 4.90 Å². The van der Waals surface area contributed by atoms with Gasteiger partial charge in [0.25, 0.3) is 0 Å². The van der Waals surface area contributed by atoms with E-state index in [0.29, 0.717) is 5.91 Å². The number of nitrogens with zero attached hydrogens (tertiary/aromatic N) is 4. The summed E-state index contributed by atoms with van der Waals surface area (Å²) in [6, 6.07) is 1.82. The Hall–Kier alpha value is -1.65. The van der Waals surface area contributed by atoms with Crippen LogP contribution in [0.4, 0.5) is 5.95 Å². The highest BCUT2D eigenvalue weighted by Crippen LogP contribution is 2.23. The molecule has 20 heavy (non-hydrogen) atoms. The molecule has 0 bridgehead atoms. The predicted molar refractivity (Wildman–Crippen MR) is 77.4 cm³/mol. The van der Waals surface area contributed by atoms with Crippen molar-refractivity contribution in [2.75, 3.05) is 31.1 Å². The zero-order valence-electron chi connectivity index (χ0n) is 11.9. The van der Waals surface area contributed by atoms with Crippen LogP contribution in [0.3, 0.4) is 0 Å². The molecule has 1 aromatic heterocycles. The van der Waals surface area contributed by atoms with Crippen LogP contribution in [0.25, 0.3) is 0 Å². The topological polar surface area (TPSA) is 49.3 Å². The molecule has 2 saturated heterocycles. The summed E-state index contributed by atoms with van der Waals surface area (Å²) in [5, 5.41) is 0. The van der Waals surface area contributed by atoms with Crippen LogP contribution in [0.15, 0.2) is 18.5 Å². The molecule has 1 aromatic rings. The van der Waals surface area contributed by atoms with Gasteiger partial charge in [-0.3, -0.25) is 4.79 Å². The molecule has 3 rings (SSSR count). The summed E-state index contributed by atoms with van der Waals surface area (Å²) in [7, 11) is 0. The van der Waals surface area contributed by atoms with Gasteiger partial charge in [-0.1, -0.05) is 0 Å². The first-order chi connectivity index (χ1) is 9.84. The van der Waals surface area contributed by atoms with Crippen molar-refractivity contribution in [2.24, 2.45) is 5.92 Å². The Labute approximate surface area is 120 Å². The summed E-state index contributed by atoms with van der Waals surface area (Å²) < 4.78 is 0. The number of anilines is 1. The molecule has 0 N–H and O–H groups in total. The lowest BCUT2D eigenvalue weighted by Gasteiger charge is -2.36. The summed E-state index contributed by atoms with van der Waals surface area (Å²) >= 11 is 0. The van der Waals surface area contributed by atoms with E-state index in [1.165, 1.54) is 6.42 Å². The number of hydrogen-bond donors (Lipinski definition) is 0. The minimum absolute atomic E-state index is 0.116. The Morgan fingerprint density at radius 2 is 1.80 bits per heavy atom. The van der Waals surface area contributed by atoms with Crippen LogP contribution in [0.2, 0.25) is 0 Å². The maximum Gasteiger partial charge on any atom is 0.227 e. The van der Waals surface area contributed by atoms with Gasteiger partial charge in [0.2, 0.25) is 11.9 Å². The average molecular weight is 274 g/mol. The van der Waals surface area contributed by atoms with Crippen molar-refractivity contribution < 1.29 is 4.79 Å². The normalized spacial score (nSPS) is 23.7. The van der Waals surface area contributed by atoms with Gasteiger partial charge >= 0.3 is 0 Å². The number of carbonyl (C=O) groups excluding carboxylic acids is 1. The molecule has 2 aliphatic rings. The van der Waals surface area contributed by atoms with E-state index in [9.17, 15) is 4.79 Å². The highest BCUT2D eigenvalue weighted by molar-refractivity contribution is 5.79. The van der Waals surface area contributed by atoms with Crippen molar-refractivity contribution in [2.45, 2.75) is 32.1 Å². The number of carbonyl (C=O) groups is 1. The van der Waals surface area contributed by atoms with Crippen LogP contribution in [-0.4, -0.2) is 47.0 Å². The minimum Gasteiger partial charge on any atom is -0.342 e. The quantitative estimate of drug-likeness (QED) is 0.823. The van der Waals surface area contributed by atoms with Crippen molar-refractivity contribution in [3.63, 3.8) is 0 Å². The molecule has 0 aromatic carbocycles. The molecule has 2 aliphatic heterocycles. The lowest BCUT2D eigenvalue weighted by Crippen LogP contribution is -2.46. The molecular weight excluding hydrogens is 252 g/mol. The van der Waals surface area contributed by atoms with Gasteiger partial charge in [0.1, 0.15) is 0 Å². The molecule has 0 aliphatic carbocycles. The number of hydrogen-bond acceptors (Lipinski definition) is 4. The molecule has 0 radical (unpaired) electrons. The lowest BCUT2D eigenvalue weighted by molar-refractivity contribution is -0.136. The van der Waals surface area contributed by atoms with Gasteiger partial charge in [0, 0.05) is 38.6 Å². The maximum atomic E-state index is 12.6. The SMILES string of the molecule is O=C(C1CCCN(c2ncccn2)C1)N1CCCCC1. The van der Waals surface area contributed by atoms with Crippen molar-refractivity contribution in [3.8, 4) is 0 Å². The third kappa shape index (κ3) is 2.92. The summed E-state index contributed by atoms with van der Waals surface area (Å²) in [5.74, 6) is 1.21. The summed E-state index contributed by atoms with van der Waals surface area (Å²) in [4.78, 5) is 25.4. The monoisotopic (exact) mass is 274 g/mol. The molecule has 1 amide bonds. The number of likely N-dealkylation sites (tertiary alicyclic amines) is 1. The maximum absolute atomic E-state index is 12.6. The Bertz CT molecular complexity index is 444. The lowest BCUT2D eigenvalue weighted by atomic mass is 9.95. The van der Waals surface area contributed by atoms with Gasteiger partial charge in [-0.05, 0) is 38.2 Å². The summed E-state index contributed by atoms with van der Waals surface area (Å²) in [5.41, 5.74) is 0. The average Bonchev–Trinajstić information content (AvgIpc) is 2.56. The second-order valence-corrected chi connectivity index (χ2v) is 5.72. The Balaban J connectivity index is 1.64. The number of piperidine rings is 2. The molecule has 1 atom stereocenters. The van der Waals surface area contributed by atoms with E-state index in [2.05, 4.69) is 19.8 Å². The number of amides is 1. The predicted octanol–water partition coefficient (Wildman–Crippen LogP) is 1.71.